The summed E-state index contributed by atoms with van der Waals surface area (Å²) in [6, 6.07) is 10.4. The van der Waals surface area contributed by atoms with E-state index in [9.17, 15) is 18.0 Å². The van der Waals surface area contributed by atoms with Crippen molar-refractivity contribution >= 4 is 5.91 Å². The number of halogens is 3. The van der Waals surface area contributed by atoms with Crippen LogP contribution in [0.1, 0.15) is 16.1 Å². The topological polar surface area (TPSA) is 55.1 Å². The molecule has 0 saturated carbocycles. The highest BCUT2D eigenvalue weighted by Gasteiger charge is 2.13. The second kappa shape index (κ2) is 6.57. The number of benzene rings is 2. The van der Waals surface area contributed by atoms with Gasteiger partial charge in [0.15, 0.2) is 17.4 Å². The number of nitrogens with zero attached hydrogens (tertiary/aromatic N) is 1. The maximum atomic E-state index is 13.7. The maximum Gasteiger partial charge on any atom is 0.251 e. The van der Waals surface area contributed by atoms with E-state index in [0.29, 0.717) is 5.69 Å². The highest BCUT2D eigenvalue weighted by Crippen LogP contribution is 2.23. The molecular formula is C17H11F3N2O2. The third-order valence-corrected chi connectivity index (χ3v) is 3.31. The molecule has 0 unspecified atom stereocenters. The number of hydrogen-bond donors (Lipinski definition) is 1. The van der Waals surface area contributed by atoms with E-state index in [-0.39, 0.29) is 23.4 Å². The smallest absolute Gasteiger partial charge is 0.251 e. The summed E-state index contributed by atoms with van der Waals surface area (Å²) in [5.41, 5.74) is 0.596. The van der Waals surface area contributed by atoms with Crippen molar-refractivity contribution in [1.29, 1.82) is 0 Å². The lowest BCUT2D eigenvalue weighted by atomic mass is 10.1. The van der Waals surface area contributed by atoms with E-state index < -0.39 is 23.4 Å². The molecule has 122 valence electrons. The monoisotopic (exact) mass is 332 g/mol. The van der Waals surface area contributed by atoms with Crippen LogP contribution in [-0.2, 0) is 6.54 Å². The lowest BCUT2D eigenvalue weighted by Gasteiger charge is -2.03. The van der Waals surface area contributed by atoms with Crippen LogP contribution in [-0.4, -0.2) is 11.1 Å². The summed E-state index contributed by atoms with van der Waals surface area (Å²) >= 11 is 0. The van der Waals surface area contributed by atoms with E-state index in [0.717, 1.165) is 12.1 Å². The van der Waals surface area contributed by atoms with Gasteiger partial charge in [0.05, 0.1) is 12.1 Å². The maximum absolute atomic E-state index is 13.7. The van der Waals surface area contributed by atoms with E-state index >= 15 is 0 Å². The predicted molar refractivity (Wildman–Crippen MR) is 79.4 cm³/mol. The molecule has 0 spiro atoms. The molecule has 1 amide bonds. The third-order valence-electron chi connectivity index (χ3n) is 3.31. The molecule has 0 fully saturated rings. The van der Waals surface area contributed by atoms with Gasteiger partial charge in [-0.3, -0.25) is 4.79 Å². The van der Waals surface area contributed by atoms with Crippen LogP contribution in [0, 0.1) is 17.5 Å². The average molecular weight is 332 g/mol. The average Bonchev–Trinajstić information content (AvgIpc) is 3.04. The number of nitrogens with one attached hydrogen (secondary N) is 1. The first-order valence-corrected chi connectivity index (χ1v) is 6.98. The third kappa shape index (κ3) is 3.29. The minimum absolute atomic E-state index is 0.00419. The van der Waals surface area contributed by atoms with E-state index in [1.807, 2.05) is 0 Å². The van der Waals surface area contributed by atoms with E-state index in [1.54, 1.807) is 18.2 Å². The Morgan fingerprint density at radius 2 is 1.79 bits per heavy atom. The molecule has 0 saturated heterocycles. The minimum Gasteiger partial charge on any atom is -0.356 e. The van der Waals surface area contributed by atoms with Gasteiger partial charge in [0.1, 0.15) is 11.5 Å². The number of carbonyl (C=O) groups excluding carboxylic acids is 1. The number of carbonyl (C=O) groups is 1. The minimum atomic E-state index is -1.11. The number of hydrogen-bond acceptors (Lipinski definition) is 3. The van der Waals surface area contributed by atoms with Gasteiger partial charge in [0.2, 0.25) is 0 Å². The van der Waals surface area contributed by atoms with Gasteiger partial charge in [-0.15, -0.1) is 0 Å². The number of aromatic nitrogens is 1. The van der Waals surface area contributed by atoms with Crippen LogP contribution in [0.4, 0.5) is 13.2 Å². The van der Waals surface area contributed by atoms with Crippen molar-refractivity contribution in [3.8, 4) is 11.3 Å². The van der Waals surface area contributed by atoms with E-state index in [1.165, 1.54) is 18.2 Å². The van der Waals surface area contributed by atoms with Crippen LogP contribution in [0.15, 0.2) is 53.1 Å². The highest BCUT2D eigenvalue weighted by atomic mass is 19.2. The first-order valence-electron chi connectivity index (χ1n) is 6.98. The molecule has 0 aliphatic rings. The van der Waals surface area contributed by atoms with Crippen molar-refractivity contribution < 1.29 is 22.5 Å². The van der Waals surface area contributed by atoms with Gasteiger partial charge in [-0.1, -0.05) is 17.3 Å². The van der Waals surface area contributed by atoms with Crippen molar-refractivity contribution in [2.75, 3.05) is 0 Å². The van der Waals surface area contributed by atoms with Gasteiger partial charge >= 0.3 is 0 Å². The molecule has 0 radical (unpaired) electrons. The van der Waals surface area contributed by atoms with Crippen molar-refractivity contribution in [3.05, 3.63) is 77.2 Å². The standard InChI is InChI=1S/C17H11F3N2O2/c18-13-4-2-1-3-12(13)16-8-11(22-24-16)9-21-17(23)10-5-6-14(19)15(20)7-10/h1-8H,9H2,(H,21,23). The van der Waals surface area contributed by atoms with Crippen molar-refractivity contribution in [2.45, 2.75) is 6.54 Å². The summed E-state index contributed by atoms with van der Waals surface area (Å²) in [6.07, 6.45) is 0. The predicted octanol–water partition coefficient (Wildman–Crippen LogP) is 3.69. The molecule has 0 aliphatic heterocycles. The summed E-state index contributed by atoms with van der Waals surface area (Å²) in [6.45, 7) is -0.00419. The molecule has 3 aromatic rings. The molecule has 7 heteroatoms. The second-order valence-electron chi connectivity index (χ2n) is 4.97. The normalized spacial score (nSPS) is 10.6. The van der Waals surface area contributed by atoms with E-state index in [2.05, 4.69) is 10.5 Å². The molecule has 0 aliphatic carbocycles. The van der Waals surface area contributed by atoms with Crippen LogP contribution in [0.25, 0.3) is 11.3 Å². The SMILES string of the molecule is O=C(NCc1cc(-c2ccccc2F)on1)c1ccc(F)c(F)c1. The lowest BCUT2D eigenvalue weighted by Crippen LogP contribution is -2.23. The number of rotatable bonds is 4. The molecule has 1 heterocycles. The fourth-order valence-electron chi connectivity index (χ4n) is 2.09. The molecule has 0 bridgehead atoms. The van der Waals surface area contributed by atoms with Crippen LogP contribution >= 0.6 is 0 Å². The molecule has 3 rings (SSSR count). The molecule has 0 atom stereocenters. The van der Waals surface area contributed by atoms with Crippen molar-refractivity contribution in [1.82, 2.24) is 10.5 Å². The summed E-state index contributed by atoms with van der Waals surface area (Å²) in [4.78, 5) is 11.9. The molecule has 1 N–H and O–H groups in total. The summed E-state index contributed by atoms with van der Waals surface area (Å²) in [7, 11) is 0. The van der Waals surface area contributed by atoms with Gasteiger partial charge < -0.3 is 9.84 Å². The molecule has 1 aromatic heterocycles. The Morgan fingerprint density at radius 1 is 1.00 bits per heavy atom. The van der Waals surface area contributed by atoms with Gasteiger partial charge in [-0.2, -0.15) is 0 Å². The Bertz CT molecular complexity index is 893. The largest absolute Gasteiger partial charge is 0.356 e. The zero-order chi connectivity index (χ0) is 17.1. The molecule has 4 nitrogen and oxygen atoms in total. The lowest BCUT2D eigenvalue weighted by molar-refractivity contribution is 0.0949. The van der Waals surface area contributed by atoms with Gasteiger partial charge in [0.25, 0.3) is 5.91 Å². The van der Waals surface area contributed by atoms with Crippen LogP contribution in [0.5, 0.6) is 0 Å². The quantitative estimate of drug-likeness (QED) is 0.793. The van der Waals surface area contributed by atoms with Gasteiger partial charge in [-0.05, 0) is 30.3 Å². The summed E-state index contributed by atoms with van der Waals surface area (Å²) in [5, 5.41) is 6.24. The van der Waals surface area contributed by atoms with Crippen LogP contribution < -0.4 is 5.32 Å². The zero-order valence-corrected chi connectivity index (χ0v) is 12.2. The second-order valence-corrected chi connectivity index (χ2v) is 4.97. The van der Waals surface area contributed by atoms with Crippen molar-refractivity contribution in [2.24, 2.45) is 0 Å². The Hall–Kier alpha value is -3.09. The first kappa shape index (κ1) is 15.8. The molecular weight excluding hydrogens is 321 g/mol. The Balaban J connectivity index is 1.68. The number of amides is 1. The van der Waals surface area contributed by atoms with Crippen LogP contribution in [0.3, 0.4) is 0 Å². The Labute approximate surface area is 134 Å². The van der Waals surface area contributed by atoms with Crippen LogP contribution in [0.2, 0.25) is 0 Å². The summed E-state index contributed by atoms with van der Waals surface area (Å²) in [5.74, 6) is -2.95. The fraction of sp³-hybridized carbons (Fsp3) is 0.0588. The summed E-state index contributed by atoms with van der Waals surface area (Å²) < 4.78 is 44.7. The highest BCUT2D eigenvalue weighted by molar-refractivity contribution is 5.94. The Kier molecular flexibility index (Phi) is 4.33. The van der Waals surface area contributed by atoms with Gasteiger partial charge in [-0.25, -0.2) is 13.2 Å². The van der Waals surface area contributed by atoms with Crippen molar-refractivity contribution in [3.63, 3.8) is 0 Å². The van der Waals surface area contributed by atoms with Gasteiger partial charge in [0, 0.05) is 11.6 Å². The Morgan fingerprint density at radius 3 is 2.54 bits per heavy atom. The molecule has 2 aromatic carbocycles. The van der Waals surface area contributed by atoms with E-state index in [4.69, 9.17) is 4.52 Å². The fourth-order valence-corrected chi connectivity index (χ4v) is 2.09. The zero-order valence-electron chi connectivity index (χ0n) is 12.2. The molecule has 24 heavy (non-hydrogen) atoms. The first-order chi connectivity index (χ1) is 11.5.